The van der Waals surface area contributed by atoms with Crippen molar-refractivity contribution in [2.75, 3.05) is 6.61 Å². The lowest BCUT2D eigenvalue weighted by atomic mass is 10.1. The second-order valence-electron chi connectivity index (χ2n) is 6.97. The van der Waals surface area contributed by atoms with E-state index >= 15 is 0 Å². The topological polar surface area (TPSA) is 101 Å². The van der Waals surface area contributed by atoms with Crippen molar-refractivity contribution in [3.63, 3.8) is 0 Å². The van der Waals surface area contributed by atoms with Crippen LogP contribution in [-0.4, -0.2) is 45.3 Å². The number of benzene rings is 1. The van der Waals surface area contributed by atoms with Gasteiger partial charge in [-0.15, -0.1) is 0 Å². The molecule has 1 aromatic carbocycles. The number of fused-ring (bicyclic) bond motifs is 2. The smallest absolute Gasteiger partial charge is 0.276 e. The lowest BCUT2D eigenvalue weighted by molar-refractivity contribution is 0.00624. The first-order valence-electron chi connectivity index (χ1n) is 8.91. The quantitative estimate of drug-likeness (QED) is 0.792. The van der Waals surface area contributed by atoms with E-state index in [1.165, 1.54) is 21.6 Å². The van der Waals surface area contributed by atoms with Crippen LogP contribution in [0.1, 0.15) is 33.3 Å². The Morgan fingerprint density at radius 1 is 1.34 bits per heavy atom. The summed E-state index contributed by atoms with van der Waals surface area (Å²) in [6, 6.07) is 3.32. The summed E-state index contributed by atoms with van der Waals surface area (Å²) in [5.74, 6) is -4.44. The van der Waals surface area contributed by atoms with E-state index < -0.39 is 46.4 Å². The Bertz CT molecular complexity index is 1080. The summed E-state index contributed by atoms with van der Waals surface area (Å²) >= 11 is 0. The minimum absolute atomic E-state index is 0.0974. The van der Waals surface area contributed by atoms with Gasteiger partial charge in [0.1, 0.15) is 5.56 Å². The largest absolute Gasteiger partial charge is 0.503 e. The number of aromatic nitrogens is 1. The van der Waals surface area contributed by atoms with Gasteiger partial charge in [0.2, 0.25) is 5.43 Å². The SMILES string of the molecule is C[C@H]1CO[C@@H]2Cn3cc(C(=O)NCc4cccc(F)c4F)c(=O)c(O)c3C(=O)N12. The second kappa shape index (κ2) is 6.96. The molecule has 152 valence electrons. The van der Waals surface area contributed by atoms with E-state index in [4.69, 9.17) is 4.74 Å². The van der Waals surface area contributed by atoms with Crippen LogP contribution in [0.2, 0.25) is 0 Å². The van der Waals surface area contributed by atoms with Gasteiger partial charge in [-0.2, -0.15) is 0 Å². The molecule has 2 amide bonds. The normalized spacial score (nSPS) is 20.4. The molecule has 0 radical (unpaired) electrons. The molecule has 0 unspecified atom stereocenters. The van der Waals surface area contributed by atoms with E-state index in [1.807, 2.05) is 0 Å². The molecular weight excluding hydrogens is 388 g/mol. The maximum atomic E-state index is 13.7. The number of hydrogen-bond donors (Lipinski definition) is 2. The van der Waals surface area contributed by atoms with Crippen molar-refractivity contribution in [2.24, 2.45) is 0 Å². The number of halogens is 2. The Labute approximate surface area is 163 Å². The number of hydrogen-bond acceptors (Lipinski definition) is 5. The van der Waals surface area contributed by atoms with E-state index in [2.05, 4.69) is 5.32 Å². The number of carbonyl (C=O) groups is 2. The van der Waals surface area contributed by atoms with Crippen LogP contribution >= 0.6 is 0 Å². The molecular formula is C19H17F2N3O5. The van der Waals surface area contributed by atoms with Gasteiger partial charge < -0.3 is 24.6 Å². The molecule has 3 heterocycles. The summed E-state index contributed by atoms with van der Waals surface area (Å²) in [4.78, 5) is 39.1. The first kappa shape index (κ1) is 19.1. The number of rotatable bonds is 3. The minimum atomic E-state index is -1.10. The molecule has 0 spiro atoms. The van der Waals surface area contributed by atoms with Crippen LogP contribution in [0.5, 0.6) is 5.75 Å². The van der Waals surface area contributed by atoms with Crippen LogP contribution in [0.25, 0.3) is 0 Å². The lowest BCUT2D eigenvalue weighted by Crippen LogP contribution is -2.49. The fourth-order valence-corrected chi connectivity index (χ4v) is 3.59. The van der Waals surface area contributed by atoms with E-state index in [-0.39, 0.29) is 30.4 Å². The van der Waals surface area contributed by atoms with Gasteiger partial charge in [-0.3, -0.25) is 14.4 Å². The Morgan fingerprint density at radius 2 is 2.10 bits per heavy atom. The van der Waals surface area contributed by atoms with Gasteiger partial charge in [0.15, 0.2) is 29.3 Å². The molecule has 2 aliphatic heterocycles. The number of aromatic hydroxyl groups is 1. The van der Waals surface area contributed by atoms with Crippen LogP contribution in [0.15, 0.2) is 29.2 Å². The molecule has 2 atom stereocenters. The zero-order valence-electron chi connectivity index (χ0n) is 15.3. The molecule has 2 aromatic rings. The monoisotopic (exact) mass is 405 g/mol. The average molecular weight is 405 g/mol. The molecule has 1 fully saturated rings. The Balaban J connectivity index is 1.63. The van der Waals surface area contributed by atoms with Crippen molar-refractivity contribution in [1.29, 1.82) is 0 Å². The summed E-state index contributed by atoms with van der Waals surface area (Å²) in [5.41, 5.74) is -1.75. The highest BCUT2D eigenvalue weighted by atomic mass is 19.2. The molecule has 4 rings (SSSR count). The highest BCUT2D eigenvalue weighted by Gasteiger charge is 2.42. The van der Waals surface area contributed by atoms with Gasteiger partial charge in [0.25, 0.3) is 11.8 Å². The van der Waals surface area contributed by atoms with Crippen molar-refractivity contribution in [2.45, 2.75) is 32.3 Å². The third-order valence-corrected chi connectivity index (χ3v) is 5.08. The van der Waals surface area contributed by atoms with Gasteiger partial charge in [0.05, 0.1) is 19.2 Å². The van der Waals surface area contributed by atoms with Gasteiger partial charge >= 0.3 is 0 Å². The third-order valence-electron chi connectivity index (χ3n) is 5.08. The van der Waals surface area contributed by atoms with Crippen molar-refractivity contribution >= 4 is 11.8 Å². The zero-order chi connectivity index (χ0) is 20.9. The average Bonchev–Trinajstić information content (AvgIpc) is 3.06. The van der Waals surface area contributed by atoms with Crippen LogP contribution in [0, 0.1) is 11.6 Å². The van der Waals surface area contributed by atoms with Crippen molar-refractivity contribution in [3.05, 3.63) is 63.1 Å². The minimum Gasteiger partial charge on any atom is -0.503 e. The Kier molecular flexibility index (Phi) is 4.58. The number of nitrogens with zero attached hydrogens (tertiary/aromatic N) is 2. The van der Waals surface area contributed by atoms with Crippen molar-refractivity contribution in [1.82, 2.24) is 14.8 Å². The number of carbonyl (C=O) groups excluding carboxylic acids is 2. The molecule has 29 heavy (non-hydrogen) atoms. The third kappa shape index (κ3) is 3.05. The summed E-state index contributed by atoms with van der Waals surface area (Å²) in [6.07, 6.45) is 0.597. The molecule has 0 bridgehead atoms. The van der Waals surface area contributed by atoms with Crippen molar-refractivity contribution in [3.8, 4) is 5.75 Å². The van der Waals surface area contributed by atoms with Crippen LogP contribution in [0.4, 0.5) is 8.78 Å². The van der Waals surface area contributed by atoms with Gasteiger partial charge in [-0.05, 0) is 13.0 Å². The fourth-order valence-electron chi connectivity index (χ4n) is 3.59. The number of ether oxygens (including phenoxy) is 1. The number of nitrogens with one attached hydrogen (secondary N) is 1. The maximum Gasteiger partial charge on any atom is 0.276 e. The molecule has 0 aliphatic carbocycles. The lowest BCUT2D eigenvalue weighted by Gasteiger charge is -2.33. The van der Waals surface area contributed by atoms with Crippen LogP contribution in [-0.2, 0) is 17.8 Å². The van der Waals surface area contributed by atoms with E-state index in [0.717, 1.165) is 12.3 Å². The van der Waals surface area contributed by atoms with Gasteiger partial charge in [-0.25, -0.2) is 8.78 Å². The second-order valence-corrected chi connectivity index (χ2v) is 6.97. The summed E-state index contributed by atoms with van der Waals surface area (Å²) in [5, 5.41) is 12.6. The predicted molar refractivity (Wildman–Crippen MR) is 95.3 cm³/mol. The first-order valence-corrected chi connectivity index (χ1v) is 8.91. The number of pyridine rings is 1. The van der Waals surface area contributed by atoms with Crippen LogP contribution < -0.4 is 10.7 Å². The Hall–Kier alpha value is -3.27. The number of amides is 2. The highest BCUT2D eigenvalue weighted by Crippen LogP contribution is 2.29. The standard InChI is InChI=1S/C19H17F2N3O5/c1-9-8-29-13-7-23-6-11(16(25)17(26)15(23)19(28)24(9)13)18(27)22-5-10-3-2-4-12(20)14(10)21/h2-4,6,9,13,26H,5,7-8H2,1H3,(H,22,27)/t9-,13+/m0/s1. The molecule has 2 N–H and O–H groups in total. The Morgan fingerprint density at radius 3 is 2.86 bits per heavy atom. The maximum absolute atomic E-state index is 13.7. The van der Waals surface area contributed by atoms with E-state index in [1.54, 1.807) is 6.92 Å². The first-order chi connectivity index (χ1) is 13.8. The molecule has 0 saturated carbocycles. The van der Waals surface area contributed by atoms with Gasteiger partial charge in [-0.1, -0.05) is 12.1 Å². The van der Waals surface area contributed by atoms with E-state index in [0.29, 0.717) is 6.61 Å². The fraction of sp³-hybridized carbons (Fsp3) is 0.316. The van der Waals surface area contributed by atoms with Crippen LogP contribution in [0.3, 0.4) is 0 Å². The molecule has 10 heteroatoms. The van der Waals surface area contributed by atoms with Crippen molar-refractivity contribution < 1.29 is 28.2 Å². The van der Waals surface area contributed by atoms with Gasteiger partial charge in [0, 0.05) is 18.3 Å². The summed E-state index contributed by atoms with van der Waals surface area (Å²) in [7, 11) is 0. The molecule has 1 aromatic heterocycles. The molecule has 8 nitrogen and oxygen atoms in total. The van der Waals surface area contributed by atoms with E-state index in [9.17, 15) is 28.3 Å². The highest BCUT2D eigenvalue weighted by molar-refractivity contribution is 5.99. The zero-order valence-corrected chi connectivity index (χ0v) is 15.3. The summed E-state index contributed by atoms with van der Waals surface area (Å²) in [6.45, 7) is 1.89. The molecule has 2 aliphatic rings. The predicted octanol–water partition coefficient (Wildman–Crippen LogP) is 0.963. The summed E-state index contributed by atoms with van der Waals surface area (Å²) < 4.78 is 33.9. The molecule has 1 saturated heterocycles.